The lowest BCUT2D eigenvalue weighted by Gasteiger charge is -2.19. The van der Waals surface area contributed by atoms with Crippen LogP contribution in [-0.2, 0) is 4.79 Å². The van der Waals surface area contributed by atoms with E-state index in [1.54, 1.807) is 6.08 Å². The predicted octanol–water partition coefficient (Wildman–Crippen LogP) is 20.3. The van der Waals surface area contributed by atoms with Crippen molar-refractivity contribution in [1.82, 2.24) is 5.32 Å². The molecule has 0 bridgehead atoms. The van der Waals surface area contributed by atoms with Crippen molar-refractivity contribution in [2.75, 3.05) is 6.61 Å². The van der Waals surface area contributed by atoms with Crippen LogP contribution in [0.1, 0.15) is 348 Å². The third-order valence-electron chi connectivity index (χ3n) is 14.4. The molecule has 1 amide bonds. The van der Waals surface area contributed by atoms with Gasteiger partial charge in [-0.05, 0) is 32.1 Å². The first-order valence-corrected chi connectivity index (χ1v) is 30.6. The maximum atomic E-state index is 12.5. The van der Waals surface area contributed by atoms with Crippen molar-refractivity contribution >= 4 is 5.91 Å². The molecule has 0 saturated carbocycles. The Morgan fingerprint density at radius 3 is 0.879 bits per heavy atom. The lowest BCUT2D eigenvalue weighted by molar-refractivity contribution is -0.123. The predicted molar refractivity (Wildman–Crippen MR) is 295 cm³/mol. The summed E-state index contributed by atoms with van der Waals surface area (Å²) in [5.41, 5.74) is 0. The fraction of sp³-hybridized carbons (Fsp3) is 0.919. The molecule has 0 aromatic carbocycles. The molecule has 0 rings (SSSR count). The van der Waals surface area contributed by atoms with Gasteiger partial charge in [0.2, 0.25) is 5.91 Å². The van der Waals surface area contributed by atoms with Crippen molar-refractivity contribution < 1.29 is 15.0 Å². The summed E-state index contributed by atoms with van der Waals surface area (Å²) < 4.78 is 0. The molecule has 0 aliphatic rings. The van der Waals surface area contributed by atoms with Gasteiger partial charge in [0, 0.05) is 6.42 Å². The normalized spacial score (nSPS) is 12.8. The van der Waals surface area contributed by atoms with Gasteiger partial charge in [-0.25, -0.2) is 0 Å². The number of aliphatic hydroxyl groups excluding tert-OH is 2. The van der Waals surface area contributed by atoms with Gasteiger partial charge in [-0.2, -0.15) is 0 Å². The molecule has 0 spiro atoms. The van der Waals surface area contributed by atoms with Gasteiger partial charge >= 0.3 is 0 Å². The molecule has 0 aliphatic carbocycles. The van der Waals surface area contributed by atoms with Gasteiger partial charge < -0.3 is 15.5 Å². The quantitative estimate of drug-likeness (QED) is 0.0420. The van der Waals surface area contributed by atoms with Crippen molar-refractivity contribution in [3.63, 3.8) is 0 Å². The van der Waals surface area contributed by atoms with Crippen molar-refractivity contribution in [2.45, 2.75) is 360 Å². The summed E-state index contributed by atoms with van der Waals surface area (Å²) in [7, 11) is 0. The van der Waals surface area contributed by atoms with Gasteiger partial charge in [0.1, 0.15) is 0 Å². The number of carbonyl (C=O) groups excluding carboxylic acids is 1. The van der Waals surface area contributed by atoms with Crippen molar-refractivity contribution in [3.05, 3.63) is 24.3 Å². The zero-order chi connectivity index (χ0) is 47.7. The molecule has 0 aromatic rings. The number of hydrogen-bond donors (Lipinski definition) is 3. The van der Waals surface area contributed by atoms with Crippen LogP contribution >= 0.6 is 0 Å². The van der Waals surface area contributed by atoms with Gasteiger partial charge in [-0.15, -0.1) is 0 Å². The van der Waals surface area contributed by atoms with Crippen LogP contribution in [0.15, 0.2) is 24.3 Å². The summed E-state index contributed by atoms with van der Waals surface area (Å²) in [5.74, 6) is -0.0655. The summed E-state index contributed by atoms with van der Waals surface area (Å²) in [6.45, 7) is 4.34. The van der Waals surface area contributed by atoms with Crippen LogP contribution < -0.4 is 5.32 Å². The molecule has 4 nitrogen and oxygen atoms in total. The number of amides is 1. The third-order valence-corrected chi connectivity index (χ3v) is 14.4. The Morgan fingerprint density at radius 1 is 0.348 bits per heavy atom. The zero-order valence-electron chi connectivity index (χ0n) is 45.2. The van der Waals surface area contributed by atoms with Crippen LogP contribution in [0.2, 0.25) is 0 Å². The number of nitrogens with one attached hydrogen (secondary N) is 1. The van der Waals surface area contributed by atoms with Gasteiger partial charge in [-0.1, -0.05) is 334 Å². The fourth-order valence-electron chi connectivity index (χ4n) is 9.79. The van der Waals surface area contributed by atoms with Crippen LogP contribution in [-0.4, -0.2) is 34.9 Å². The second-order valence-corrected chi connectivity index (χ2v) is 21.1. The Bertz CT molecular complexity index is 963. The van der Waals surface area contributed by atoms with Crippen molar-refractivity contribution in [3.8, 4) is 0 Å². The molecule has 2 unspecified atom stereocenters. The van der Waals surface area contributed by atoms with E-state index < -0.39 is 12.1 Å². The molecular weight excluding hydrogens is 807 g/mol. The summed E-state index contributed by atoms with van der Waals surface area (Å²) in [5, 5.41) is 23.2. The molecule has 0 radical (unpaired) electrons. The van der Waals surface area contributed by atoms with Crippen LogP contribution in [0.3, 0.4) is 0 Å². The number of carbonyl (C=O) groups is 1. The Balaban J connectivity index is 3.46. The van der Waals surface area contributed by atoms with E-state index in [1.807, 2.05) is 6.08 Å². The summed E-state index contributed by atoms with van der Waals surface area (Å²) >= 11 is 0. The molecule has 66 heavy (non-hydrogen) atoms. The van der Waals surface area contributed by atoms with E-state index in [0.717, 1.165) is 32.1 Å². The largest absolute Gasteiger partial charge is 0.394 e. The average Bonchev–Trinajstić information content (AvgIpc) is 3.32. The summed E-state index contributed by atoms with van der Waals surface area (Å²) in [4.78, 5) is 12.5. The van der Waals surface area contributed by atoms with Gasteiger partial charge in [0.25, 0.3) is 0 Å². The topological polar surface area (TPSA) is 69.6 Å². The van der Waals surface area contributed by atoms with Crippen LogP contribution in [0.25, 0.3) is 0 Å². The van der Waals surface area contributed by atoms with Crippen molar-refractivity contribution in [2.24, 2.45) is 0 Å². The van der Waals surface area contributed by atoms with Crippen LogP contribution in [0.5, 0.6) is 0 Å². The molecule has 0 saturated heterocycles. The Morgan fingerprint density at radius 2 is 0.591 bits per heavy atom. The Labute approximate surface area is 415 Å². The first-order chi connectivity index (χ1) is 32.7. The van der Waals surface area contributed by atoms with E-state index in [1.165, 1.54) is 295 Å². The highest BCUT2D eigenvalue weighted by Gasteiger charge is 2.18. The minimum absolute atomic E-state index is 0.0655. The smallest absolute Gasteiger partial charge is 0.220 e. The average molecular weight is 929 g/mol. The summed E-state index contributed by atoms with van der Waals surface area (Å²) in [6, 6.07) is -0.637. The Kier molecular flexibility index (Phi) is 57.2. The fourth-order valence-corrected chi connectivity index (χ4v) is 9.79. The molecule has 0 fully saturated rings. The number of rotatable bonds is 57. The van der Waals surface area contributed by atoms with E-state index in [4.69, 9.17) is 0 Å². The van der Waals surface area contributed by atoms with E-state index in [2.05, 4.69) is 31.3 Å². The highest BCUT2D eigenvalue weighted by molar-refractivity contribution is 5.76. The molecule has 4 heteroatoms. The van der Waals surface area contributed by atoms with Gasteiger partial charge in [0.15, 0.2) is 0 Å². The second-order valence-electron chi connectivity index (χ2n) is 21.1. The number of aliphatic hydroxyl groups is 2. The number of unbranched alkanes of at least 4 members (excludes halogenated alkanes) is 48. The van der Waals surface area contributed by atoms with Crippen LogP contribution in [0.4, 0.5) is 0 Å². The molecule has 2 atom stereocenters. The highest BCUT2D eigenvalue weighted by Crippen LogP contribution is 2.18. The monoisotopic (exact) mass is 928 g/mol. The first kappa shape index (κ1) is 64.9. The van der Waals surface area contributed by atoms with Crippen molar-refractivity contribution in [1.29, 1.82) is 0 Å². The van der Waals surface area contributed by atoms with Crippen LogP contribution in [0, 0.1) is 0 Å². The molecule has 0 heterocycles. The SMILES string of the molecule is CCCCCCCCCCCCCCCCCCCCC/C=C/CC/C=C/C(O)C(CO)NC(=O)CCCCCCCCCCCCCCCCCCCCCCCCCCCCCCC. The number of hydrogen-bond acceptors (Lipinski definition) is 3. The van der Waals surface area contributed by atoms with E-state index in [9.17, 15) is 15.0 Å². The minimum Gasteiger partial charge on any atom is -0.394 e. The minimum atomic E-state index is -0.860. The highest BCUT2D eigenvalue weighted by atomic mass is 16.3. The maximum absolute atomic E-state index is 12.5. The third kappa shape index (κ3) is 53.8. The molecular formula is C62H121NO3. The first-order valence-electron chi connectivity index (χ1n) is 30.6. The zero-order valence-corrected chi connectivity index (χ0v) is 45.2. The molecule has 392 valence electrons. The lowest BCUT2D eigenvalue weighted by Crippen LogP contribution is -2.45. The summed E-state index contributed by atoms with van der Waals surface area (Å²) in [6.07, 6.45) is 78.0. The van der Waals surface area contributed by atoms with Gasteiger partial charge in [0.05, 0.1) is 18.8 Å². The molecule has 3 N–H and O–H groups in total. The lowest BCUT2D eigenvalue weighted by atomic mass is 10.0. The van der Waals surface area contributed by atoms with E-state index in [0.29, 0.717) is 6.42 Å². The molecule has 0 aromatic heterocycles. The van der Waals surface area contributed by atoms with Gasteiger partial charge in [-0.3, -0.25) is 4.79 Å². The number of allylic oxidation sites excluding steroid dienone is 3. The Hall–Kier alpha value is -1.13. The van der Waals surface area contributed by atoms with E-state index in [-0.39, 0.29) is 12.5 Å². The molecule has 0 aliphatic heterocycles. The second kappa shape index (κ2) is 58.2. The van der Waals surface area contributed by atoms with E-state index >= 15 is 0 Å². The maximum Gasteiger partial charge on any atom is 0.220 e. The standard InChI is InChI=1S/C62H121NO3/c1-3-5-7-9-11-13-15-17-19-21-23-25-27-29-30-31-32-34-36-38-40-42-44-46-48-50-52-54-56-58-62(66)63-60(59-64)61(65)57-55-53-51-49-47-45-43-41-39-37-35-33-28-26-24-22-20-18-16-14-12-10-8-6-4-2/h47,49,55,57,60-61,64-65H,3-46,48,50-54,56,58-59H2,1-2H3,(H,63,66)/b49-47+,57-55+.